The van der Waals surface area contributed by atoms with Crippen LogP contribution in [0, 0.1) is 6.92 Å². The van der Waals surface area contributed by atoms with Crippen LogP contribution in [0.2, 0.25) is 0 Å². The molecule has 0 aliphatic heterocycles. The molecule has 0 aliphatic rings. The highest BCUT2D eigenvalue weighted by atomic mass is 32.1. The Morgan fingerprint density at radius 3 is 2.92 bits per heavy atom. The molecule has 4 heteroatoms. The Hall–Kier alpha value is -0.710. The fourth-order valence-electron chi connectivity index (χ4n) is 1.08. The van der Waals surface area contributed by atoms with Crippen molar-refractivity contribution in [2.75, 3.05) is 0 Å². The van der Waals surface area contributed by atoms with Gasteiger partial charge in [-0.25, -0.2) is 4.98 Å². The van der Waals surface area contributed by atoms with Gasteiger partial charge in [-0.3, -0.25) is 0 Å². The molecular weight excluding hydrogens is 202 g/mol. The Morgan fingerprint density at radius 2 is 2.38 bits per heavy atom. The number of thiophene rings is 1. The summed E-state index contributed by atoms with van der Waals surface area (Å²) in [7, 11) is 0. The zero-order valence-corrected chi connectivity index (χ0v) is 8.78. The highest BCUT2D eigenvalue weighted by Gasteiger charge is 2.08. The van der Waals surface area contributed by atoms with Crippen LogP contribution in [0.15, 0.2) is 17.5 Å². The Morgan fingerprint density at radius 1 is 1.54 bits per heavy atom. The van der Waals surface area contributed by atoms with Crippen molar-refractivity contribution in [3.8, 4) is 9.88 Å². The first-order valence-corrected chi connectivity index (χ1v) is 5.62. The summed E-state index contributed by atoms with van der Waals surface area (Å²) >= 11 is 3.31. The Kier molecular flexibility index (Phi) is 2.44. The van der Waals surface area contributed by atoms with Crippen LogP contribution in [0.4, 0.5) is 0 Å². The van der Waals surface area contributed by atoms with Gasteiger partial charge in [-0.15, -0.1) is 22.7 Å². The normalized spacial score (nSPS) is 10.6. The third kappa shape index (κ3) is 1.65. The SMILES string of the molecule is Cc1sc(-c2cccs2)nc1CO. The van der Waals surface area contributed by atoms with Crippen molar-refractivity contribution in [3.05, 3.63) is 28.1 Å². The molecular formula is C9H9NOS2. The molecule has 0 amide bonds. The molecule has 68 valence electrons. The van der Waals surface area contributed by atoms with E-state index in [-0.39, 0.29) is 6.61 Å². The second-order valence-corrected chi connectivity index (χ2v) is 4.81. The van der Waals surface area contributed by atoms with Crippen molar-refractivity contribution in [1.82, 2.24) is 4.98 Å². The van der Waals surface area contributed by atoms with Crippen molar-refractivity contribution < 1.29 is 5.11 Å². The maximum atomic E-state index is 8.98. The van der Waals surface area contributed by atoms with Gasteiger partial charge in [0.2, 0.25) is 0 Å². The van der Waals surface area contributed by atoms with Crippen LogP contribution in [0.1, 0.15) is 10.6 Å². The number of aromatic nitrogens is 1. The molecule has 0 spiro atoms. The summed E-state index contributed by atoms with van der Waals surface area (Å²) in [5.41, 5.74) is 0.799. The average molecular weight is 211 g/mol. The smallest absolute Gasteiger partial charge is 0.133 e. The lowest BCUT2D eigenvalue weighted by atomic mass is 10.4. The van der Waals surface area contributed by atoms with Crippen LogP contribution in [-0.4, -0.2) is 10.1 Å². The predicted octanol–water partition coefficient (Wildman–Crippen LogP) is 2.67. The molecule has 0 aliphatic carbocycles. The molecule has 0 saturated heterocycles. The molecule has 0 saturated carbocycles. The first kappa shape index (κ1) is 8.87. The molecule has 0 aromatic carbocycles. The van der Waals surface area contributed by atoms with Crippen LogP contribution < -0.4 is 0 Å². The molecule has 0 radical (unpaired) electrons. The first-order valence-electron chi connectivity index (χ1n) is 3.92. The minimum absolute atomic E-state index is 0.0354. The molecule has 2 nitrogen and oxygen atoms in total. The van der Waals surface area contributed by atoms with Crippen LogP contribution in [-0.2, 0) is 6.61 Å². The van der Waals surface area contributed by atoms with Crippen LogP contribution in [0.3, 0.4) is 0 Å². The van der Waals surface area contributed by atoms with Crippen molar-refractivity contribution in [2.45, 2.75) is 13.5 Å². The van der Waals surface area contributed by atoms with Gasteiger partial charge in [-0.2, -0.15) is 0 Å². The molecule has 0 bridgehead atoms. The van der Waals surface area contributed by atoms with Gasteiger partial charge in [0.15, 0.2) is 0 Å². The first-order chi connectivity index (χ1) is 6.31. The zero-order chi connectivity index (χ0) is 9.26. The monoisotopic (exact) mass is 211 g/mol. The van der Waals surface area contributed by atoms with Crippen molar-refractivity contribution >= 4 is 22.7 Å². The third-order valence-electron chi connectivity index (χ3n) is 1.77. The molecule has 2 aromatic rings. The minimum atomic E-state index is 0.0354. The number of aryl methyl sites for hydroxylation is 1. The zero-order valence-electron chi connectivity index (χ0n) is 7.15. The van der Waals surface area contributed by atoms with Gasteiger partial charge in [0.25, 0.3) is 0 Å². The van der Waals surface area contributed by atoms with Crippen LogP contribution in [0.25, 0.3) is 9.88 Å². The molecule has 13 heavy (non-hydrogen) atoms. The quantitative estimate of drug-likeness (QED) is 0.828. The largest absolute Gasteiger partial charge is 0.390 e. The molecule has 2 rings (SSSR count). The summed E-state index contributed by atoms with van der Waals surface area (Å²) in [6.45, 7) is 2.02. The maximum Gasteiger partial charge on any atom is 0.133 e. The van der Waals surface area contributed by atoms with E-state index in [1.807, 2.05) is 24.4 Å². The molecule has 0 fully saturated rings. The van der Waals surface area contributed by atoms with E-state index >= 15 is 0 Å². The second kappa shape index (κ2) is 3.57. The van der Waals surface area contributed by atoms with Gasteiger partial charge in [-0.1, -0.05) is 6.07 Å². The number of thiazole rings is 1. The topological polar surface area (TPSA) is 33.1 Å². The fourth-order valence-corrected chi connectivity index (χ4v) is 2.80. The summed E-state index contributed by atoms with van der Waals surface area (Å²) in [5, 5.41) is 12.0. The van der Waals surface area contributed by atoms with E-state index in [4.69, 9.17) is 5.11 Å². The van der Waals surface area contributed by atoms with E-state index < -0.39 is 0 Å². The van der Waals surface area contributed by atoms with Crippen molar-refractivity contribution in [2.24, 2.45) is 0 Å². The van der Waals surface area contributed by atoms with Gasteiger partial charge < -0.3 is 5.11 Å². The third-order valence-corrected chi connectivity index (χ3v) is 3.83. The lowest BCUT2D eigenvalue weighted by molar-refractivity contribution is 0.277. The van der Waals surface area contributed by atoms with Crippen LogP contribution in [0.5, 0.6) is 0 Å². The van der Waals surface area contributed by atoms with E-state index in [1.54, 1.807) is 22.7 Å². The van der Waals surface area contributed by atoms with E-state index in [9.17, 15) is 0 Å². The van der Waals surface area contributed by atoms with Crippen molar-refractivity contribution in [1.29, 1.82) is 0 Å². The highest BCUT2D eigenvalue weighted by molar-refractivity contribution is 7.21. The second-order valence-electron chi connectivity index (χ2n) is 2.66. The number of nitrogens with zero attached hydrogens (tertiary/aromatic N) is 1. The number of hydrogen-bond donors (Lipinski definition) is 1. The fraction of sp³-hybridized carbons (Fsp3) is 0.222. The lowest BCUT2D eigenvalue weighted by Crippen LogP contribution is -1.84. The number of hydrogen-bond acceptors (Lipinski definition) is 4. The van der Waals surface area contributed by atoms with E-state index in [1.165, 1.54) is 4.88 Å². The molecule has 0 atom stereocenters. The maximum absolute atomic E-state index is 8.98. The minimum Gasteiger partial charge on any atom is -0.390 e. The molecule has 1 N–H and O–H groups in total. The summed E-state index contributed by atoms with van der Waals surface area (Å²) in [6, 6.07) is 4.06. The van der Waals surface area contributed by atoms with E-state index in [0.717, 1.165) is 15.6 Å². The predicted molar refractivity (Wildman–Crippen MR) is 56.1 cm³/mol. The molecule has 2 aromatic heterocycles. The summed E-state index contributed by atoms with van der Waals surface area (Å²) in [5.74, 6) is 0. The van der Waals surface area contributed by atoms with Crippen LogP contribution >= 0.6 is 22.7 Å². The summed E-state index contributed by atoms with van der Waals surface area (Å²) in [4.78, 5) is 6.63. The van der Waals surface area contributed by atoms with Gasteiger partial charge in [0.05, 0.1) is 17.2 Å². The van der Waals surface area contributed by atoms with Crippen molar-refractivity contribution in [3.63, 3.8) is 0 Å². The Labute approximate surface area is 84.5 Å². The number of rotatable bonds is 2. The number of aliphatic hydroxyl groups excluding tert-OH is 1. The number of aliphatic hydroxyl groups is 1. The Balaban J connectivity index is 2.43. The van der Waals surface area contributed by atoms with Gasteiger partial charge in [0, 0.05) is 4.88 Å². The average Bonchev–Trinajstić information content (AvgIpc) is 2.71. The van der Waals surface area contributed by atoms with Gasteiger partial charge in [-0.05, 0) is 18.4 Å². The lowest BCUT2D eigenvalue weighted by Gasteiger charge is -1.87. The van der Waals surface area contributed by atoms with Gasteiger partial charge >= 0.3 is 0 Å². The molecule has 0 unspecified atom stereocenters. The van der Waals surface area contributed by atoms with Gasteiger partial charge in [0.1, 0.15) is 5.01 Å². The summed E-state index contributed by atoms with van der Waals surface area (Å²) < 4.78 is 0. The van der Waals surface area contributed by atoms with E-state index in [2.05, 4.69) is 4.98 Å². The highest BCUT2D eigenvalue weighted by Crippen LogP contribution is 2.30. The molecule has 2 heterocycles. The Bertz CT molecular complexity index is 392. The standard InChI is InChI=1S/C9H9NOS2/c1-6-7(5-11)10-9(13-6)8-3-2-4-12-8/h2-4,11H,5H2,1H3. The summed E-state index contributed by atoms with van der Waals surface area (Å²) in [6.07, 6.45) is 0. The van der Waals surface area contributed by atoms with E-state index in [0.29, 0.717) is 0 Å².